The molecule has 0 aliphatic carbocycles. The van der Waals surface area contributed by atoms with Gasteiger partial charge in [-0.15, -0.1) is 0 Å². The minimum absolute atomic E-state index is 0.0157. The van der Waals surface area contributed by atoms with E-state index in [0.717, 1.165) is 22.7 Å². The molecule has 1 amide bonds. The van der Waals surface area contributed by atoms with Crippen molar-refractivity contribution in [2.45, 2.75) is 6.18 Å². The molecule has 0 aromatic heterocycles. The molecule has 0 radical (unpaired) electrons. The molecule has 0 spiro atoms. The summed E-state index contributed by atoms with van der Waals surface area (Å²) in [5.41, 5.74) is -1.07. The summed E-state index contributed by atoms with van der Waals surface area (Å²) in [6, 6.07) is 7.45. The SMILES string of the molecule is O=C(COc1ccc(Br)cc1Cl)Nc1cc(C(F)(F)F)ccc1Cl. The second-order valence-electron chi connectivity index (χ2n) is 4.60. The number of benzene rings is 2. The van der Waals surface area contributed by atoms with E-state index in [1.807, 2.05) is 0 Å². The van der Waals surface area contributed by atoms with E-state index in [2.05, 4.69) is 21.2 Å². The number of rotatable bonds is 4. The molecule has 2 rings (SSSR count). The molecule has 0 atom stereocenters. The predicted octanol–water partition coefficient (Wildman–Crippen LogP) is 5.79. The fraction of sp³-hybridized carbons (Fsp3) is 0.133. The topological polar surface area (TPSA) is 38.3 Å². The molecule has 0 bridgehead atoms. The summed E-state index contributed by atoms with van der Waals surface area (Å²) in [6.45, 7) is -0.437. The predicted molar refractivity (Wildman–Crippen MR) is 89.7 cm³/mol. The third-order valence-electron chi connectivity index (χ3n) is 2.82. The highest BCUT2D eigenvalue weighted by Gasteiger charge is 2.31. The Kier molecular flexibility index (Phi) is 6.01. The van der Waals surface area contributed by atoms with Crippen LogP contribution in [0.25, 0.3) is 0 Å². The van der Waals surface area contributed by atoms with Crippen LogP contribution in [0.4, 0.5) is 18.9 Å². The average Bonchev–Trinajstić information content (AvgIpc) is 2.47. The Labute approximate surface area is 153 Å². The van der Waals surface area contributed by atoms with Crippen molar-refractivity contribution in [1.29, 1.82) is 0 Å². The smallest absolute Gasteiger partial charge is 0.416 e. The van der Waals surface area contributed by atoms with Crippen molar-refractivity contribution in [3.05, 3.63) is 56.5 Å². The van der Waals surface area contributed by atoms with E-state index in [1.54, 1.807) is 18.2 Å². The summed E-state index contributed by atoms with van der Waals surface area (Å²) in [7, 11) is 0. The molecule has 1 N–H and O–H groups in total. The van der Waals surface area contributed by atoms with Crippen LogP contribution in [0, 0.1) is 0 Å². The first-order valence-electron chi connectivity index (χ1n) is 6.41. The molecule has 0 heterocycles. The van der Waals surface area contributed by atoms with Crippen molar-refractivity contribution in [2.75, 3.05) is 11.9 Å². The van der Waals surface area contributed by atoms with Gasteiger partial charge in [0.15, 0.2) is 6.61 Å². The molecule has 128 valence electrons. The van der Waals surface area contributed by atoms with Crippen LogP contribution < -0.4 is 10.1 Å². The highest BCUT2D eigenvalue weighted by Crippen LogP contribution is 2.34. The standard InChI is InChI=1S/C15H9BrCl2F3NO2/c16-9-2-4-13(11(18)6-9)24-7-14(23)22-12-5-8(15(19,20)21)1-3-10(12)17/h1-6H,7H2,(H,22,23). The van der Waals surface area contributed by atoms with Crippen LogP contribution in [-0.2, 0) is 11.0 Å². The number of halogens is 6. The van der Waals surface area contributed by atoms with Gasteiger partial charge >= 0.3 is 6.18 Å². The molecule has 24 heavy (non-hydrogen) atoms. The van der Waals surface area contributed by atoms with Crippen LogP contribution in [0.3, 0.4) is 0 Å². The van der Waals surface area contributed by atoms with Gasteiger partial charge in [0.25, 0.3) is 5.91 Å². The third-order valence-corrected chi connectivity index (χ3v) is 3.94. The first kappa shape index (κ1) is 18.9. The molecular weight excluding hydrogens is 434 g/mol. The number of hydrogen-bond acceptors (Lipinski definition) is 2. The van der Waals surface area contributed by atoms with Crippen molar-refractivity contribution in [3.63, 3.8) is 0 Å². The Morgan fingerprint density at radius 2 is 1.83 bits per heavy atom. The third kappa shape index (κ3) is 5.03. The molecule has 0 aliphatic rings. The lowest BCUT2D eigenvalue weighted by Crippen LogP contribution is -2.21. The number of hydrogen-bond donors (Lipinski definition) is 1. The Morgan fingerprint density at radius 1 is 1.12 bits per heavy atom. The van der Waals surface area contributed by atoms with E-state index in [4.69, 9.17) is 27.9 Å². The molecule has 0 saturated carbocycles. The number of nitrogens with one attached hydrogen (secondary N) is 1. The molecular formula is C15H9BrCl2F3NO2. The molecule has 0 saturated heterocycles. The number of carbonyl (C=O) groups is 1. The Bertz CT molecular complexity index is 769. The Morgan fingerprint density at radius 3 is 2.46 bits per heavy atom. The van der Waals surface area contributed by atoms with E-state index in [9.17, 15) is 18.0 Å². The highest BCUT2D eigenvalue weighted by molar-refractivity contribution is 9.10. The lowest BCUT2D eigenvalue weighted by Gasteiger charge is -2.12. The zero-order valence-electron chi connectivity index (χ0n) is 11.8. The zero-order valence-corrected chi connectivity index (χ0v) is 14.9. The molecule has 0 aliphatic heterocycles. The number of ether oxygens (including phenoxy) is 1. The monoisotopic (exact) mass is 441 g/mol. The number of carbonyl (C=O) groups excluding carboxylic acids is 1. The Hall–Kier alpha value is -1.44. The molecule has 9 heteroatoms. The normalized spacial score (nSPS) is 11.2. The van der Waals surface area contributed by atoms with Crippen molar-refractivity contribution in [1.82, 2.24) is 0 Å². The van der Waals surface area contributed by atoms with E-state index in [-0.39, 0.29) is 21.5 Å². The van der Waals surface area contributed by atoms with Crippen LogP contribution >= 0.6 is 39.1 Å². The van der Waals surface area contributed by atoms with Gasteiger partial charge in [-0.25, -0.2) is 0 Å². The lowest BCUT2D eigenvalue weighted by atomic mass is 10.2. The van der Waals surface area contributed by atoms with Crippen molar-refractivity contribution in [3.8, 4) is 5.75 Å². The minimum Gasteiger partial charge on any atom is -0.482 e. The summed E-state index contributed by atoms with van der Waals surface area (Å²) < 4.78 is 44.0. The van der Waals surface area contributed by atoms with E-state index >= 15 is 0 Å². The van der Waals surface area contributed by atoms with Gasteiger partial charge in [0.1, 0.15) is 5.75 Å². The summed E-state index contributed by atoms with van der Waals surface area (Å²) in [6.07, 6.45) is -4.54. The first-order valence-corrected chi connectivity index (χ1v) is 7.96. The van der Waals surface area contributed by atoms with Crippen LogP contribution in [0.1, 0.15) is 5.56 Å². The highest BCUT2D eigenvalue weighted by atomic mass is 79.9. The fourth-order valence-electron chi connectivity index (χ4n) is 1.72. The molecule has 0 unspecified atom stereocenters. The van der Waals surface area contributed by atoms with Gasteiger partial charge in [0, 0.05) is 4.47 Å². The molecule has 3 nitrogen and oxygen atoms in total. The van der Waals surface area contributed by atoms with Gasteiger partial charge < -0.3 is 10.1 Å². The number of alkyl halides is 3. The van der Waals surface area contributed by atoms with Crippen LogP contribution in [0.5, 0.6) is 5.75 Å². The van der Waals surface area contributed by atoms with Crippen molar-refractivity contribution < 1.29 is 22.7 Å². The van der Waals surface area contributed by atoms with Crippen molar-refractivity contribution in [2.24, 2.45) is 0 Å². The molecule has 2 aromatic rings. The molecule has 2 aromatic carbocycles. The number of anilines is 1. The Balaban J connectivity index is 2.04. The maximum Gasteiger partial charge on any atom is 0.416 e. The van der Waals surface area contributed by atoms with E-state index < -0.39 is 24.3 Å². The summed E-state index contributed by atoms with van der Waals surface area (Å²) in [5, 5.41) is 2.55. The van der Waals surface area contributed by atoms with Gasteiger partial charge in [-0.3, -0.25) is 4.79 Å². The summed E-state index contributed by atoms with van der Waals surface area (Å²) in [4.78, 5) is 11.8. The van der Waals surface area contributed by atoms with Gasteiger partial charge in [0.2, 0.25) is 0 Å². The largest absolute Gasteiger partial charge is 0.482 e. The van der Waals surface area contributed by atoms with Crippen molar-refractivity contribution >= 4 is 50.7 Å². The van der Waals surface area contributed by atoms with E-state index in [0.29, 0.717) is 0 Å². The second-order valence-corrected chi connectivity index (χ2v) is 6.33. The van der Waals surface area contributed by atoms with Gasteiger partial charge in [0.05, 0.1) is 21.3 Å². The average molecular weight is 443 g/mol. The van der Waals surface area contributed by atoms with Crippen LogP contribution in [-0.4, -0.2) is 12.5 Å². The van der Waals surface area contributed by atoms with Crippen LogP contribution in [0.15, 0.2) is 40.9 Å². The van der Waals surface area contributed by atoms with E-state index in [1.165, 1.54) is 0 Å². The summed E-state index contributed by atoms with van der Waals surface area (Å²) in [5.74, 6) is -0.402. The number of amides is 1. The summed E-state index contributed by atoms with van der Waals surface area (Å²) >= 11 is 15.0. The second kappa shape index (κ2) is 7.63. The fourth-order valence-corrected chi connectivity index (χ4v) is 2.61. The van der Waals surface area contributed by atoms with Gasteiger partial charge in [-0.05, 0) is 36.4 Å². The first-order chi connectivity index (χ1) is 11.2. The quantitative estimate of drug-likeness (QED) is 0.650. The maximum atomic E-state index is 12.7. The minimum atomic E-state index is -4.54. The lowest BCUT2D eigenvalue weighted by molar-refractivity contribution is -0.137. The zero-order chi connectivity index (χ0) is 17.9. The van der Waals surface area contributed by atoms with Gasteiger partial charge in [-0.2, -0.15) is 13.2 Å². The van der Waals surface area contributed by atoms with Gasteiger partial charge in [-0.1, -0.05) is 39.1 Å². The molecule has 0 fully saturated rings. The maximum absolute atomic E-state index is 12.7. The van der Waals surface area contributed by atoms with Crippen LogP contribution in [0.2, 0.25) is 10.0 Å².